The summed E-state index contributed by atoms with van der Waals surface area (Å²) in [7, 11) is 0. The number of aromatic nitrogens is 2. The molecular weight excluding hydrogens is 643 g/mol. The molecule has 14 heteroatoms. The molecule has 5 rings (SSSR count). The first-order chi connectivity index (χ1) is 23.1. The molecule has 1 heterocycles. The number of hydrogen-bond acceptors (Lipinski definition) is 6. The molecule has 1 fully saturated rings. The van der Waals surface area contributed by atoms with Gasteiger partial charge >= 0.3 is 24.4 Å². The van der Waals surface area contributed by atoms with Gasteiger partial charge < -0.3 is 20.3 Å². The van der Waals surface area contributed by atoms with Gasteiger partial charge in [-0.05, 0) is 98.7 Å². The van der Waals surface area contributed by atoms with Crippen LogP contribution in [0.25, 0.3) is 0 Å². The number of halogens is 3. The molecule has 1 atom stereocenters. The smallest absolute Gasteiger partial charge is 0.435 e. The van der Waals surface area contributed by atoms with Crippen LogP contribution in [0.5, 0.6) is 5.75 Å². The third-order valence-electron chi connectivity index (χ3n) is 7.63. The molecule has 3 N–H and O–H groups in total. The lowest BCUT2D eigenvalue weighted by molar-refractivity contribution is -0.141. The monoisotopic (exact) mass is 679 g/mol. The molecule has 3 amide bonds. The first kappa shape index (κ1) is 34.8. The summed E-state index contributed by atoms with van der Waals surface area (Å²) in [6, 6.07) is 18.0. The Kier molecular flexibility index (Phi) is 9.88. The molecule has 1 saturated carbocycles. The molecule has 1 aliphatic rings. The Morgan fingerprint density at radius 1 is 0.959 bits per heavy atom. The number of carbonyl (C=O) groups is 3. The average Bonchev–Trinajstić information content (AvgIpc) is 3.70. The molecule has 0 radical (unpaired) electrons. The summed E-state index contributed by atoms with van der Waals surface area (Å²) >= 11 is 0. The summed E-state index contributed by atoms with van der Waals surface area (Å²) in [6.07, 6.45) is -3.93. The molecule has 0 saturated heterocycles. The van der Waals surface area contributed by atoms with Crippen LogP contribution in [0.3, 0.4) is 0 Å². The van der Waals surface area contributed by atoms with Crippen LogP contribution in [0.2, 0.25) is 0 Å². The zero-order valence-electron chi connectivity index (χ0n) is 27.0. The van der Waals surface area contributed by atoms with E-state index in [9.17, 15) is 37.8 Å². The van der Waals surface area contributed by atoms with E-state index in [2.05, 4.69) is 10.4 Å². The predicted molar refractivity (Wildman–Crippen MR) is 174 cm³/mol. The van der Waals surface area contributed by atoms with Crippen LogP contribution in [-0.2, 0) is 17.5 Å². The number of ether oxygens (including phenoxy) is 1. The fraction of sp³-hybridized carbons (Fsp3) is 0.314. The normalized spacial score (nSPS) is 13.8. The summed E-state index contributed by atoms with van der Waals surface area (Å²) in [6.45, 7) is 5.44. The number of anilines is 2. The summed E-state index contributed by atoms with van der Waals surface area (Å²) in [5, 5.41) is 26.4. The standard InChI is InChI=1S/C35H36F3N5O6/c1-34(2,3)49-31(45)39-20-23-6-4-8-26(18-23)43(32(46)42-17-16-29(40-42)35(36,37)38)27-9-5-7-25(19-27)30(24-12-14-28(44)15-13-24)41(33(47)48)21-22-10-11-22/h4-9,12-19,22,30,44H,10-11,20-21H2,1-3H3,(H,39,45)(H,47,48). The number of carboxylic acid groups (broad SMARTS) is 1. The van der Waals surface area contributed by atoms with Crippen LogP contribution in [0.1, 0.15) is 62.0 Å². The number of rotatable bonds is 9. The van der Waals surface area contributed by atoms with Crippen molar-refractivity contribution in [2.75, 3.05) is 11.4 Å². The van der Waals surface area contributed by atoms with Crippen LogP contribution >= 0.6 is 0 Å². The van der Waals surface area contributed by atoms with Crippen LogP contribution in [0.4, 0.5) is 38.9 Å². The van der Waals surface area contributed by atoms with Crippen LogP contribution < -0.4 is 10.2 Å². The molecule has 3 aromatic carbocycles. The zero-order valence-corrected chi connectivity index (χ0v) is 27.0. The van der Waals surface area contributed by atoms with Gasteiger partial charge in [0.2, 0.25) is 0 Å². The number of benzene rings is 3. The third-order valence-corrected chi connectivity index (χ3v) is 7.63. The van der Waals surface area contributed by atoms with E-state index < -0.39 is 41.7 Å². The molecule has 11 nitrogen and oxygen atoms in total. The number of nitrogens with zero attached hydrogens (tertiary/aromatic N) is 4. The van der Waals surface area contributed by atoms with E-state index >= 15 is 0 Å². The molecule has 0 aliphatic heterocycles. The van der Waals surface area contributed by atoms with Gasteiger partial charge in [0.25, 0.3) is 0 Å². The molecule has 0 bridgehead atoms. The number of aromatic hydroxyl groups is 1. The highest BCUT2D eigenvalue weighted by Crippen LogP contribution is 2.38. The SMILES string of the molecule is CC(C)(C)OC(=O)NCc1cccc(N(C(=O)n2ccc(C(F)(F)F)n2)c2cccc(C(c3ccc(O)cc3)N(CC3CC3)C(=O)O)c2)c1. The third kappa shape index (κ3) is 8.89. The number of nitrogens with one attached hydrogen (secondary N) is 1. The van der Waals surface area contributed by atoms with Crippen molar-refractivity contribution in [3.05, 3.63) is 107 Å². The Morgan fingerprint density at radius 3 is 2.20 bits per heavy atom. The van der Waals surface area contributed by atoms with E-state index in [1.165, 1.54) is 17.0 Å². The minimum Gasteiger partial charge on any atom is -0.508 e. The molecule has 49 heavy (non-hydrogen) atoms. The molecule has 1 aromatic heterocycles. The molecule has 0 spiro atoms. The Balaban J connectivity index is 1.58. The quantitative estimate of drug-likeness (QED) is 0.163. The Hall–Kier alpha value is -5.53. The van der Waals surface area contributed by atoms with E-state index in [1.54, 1.807) is 81.4 Å². The van der Waals surface area contributed by atoms with Gasteiger partial charge in [0.15, 0.2) is 5.69 Å². The van der Waals surface area contributed by atoms with Gasteiger partial charge in [0.1, 0.15) is 11.4 Å². The number of phenols is 1. The zero-order chi connectivity index (χ0) is 35.5. The van der Waals surface area contributed by atoms with Crippen molar-refractivity contribution in [3.63, 3.8) is 0 Å². The second-order valence-corrected chi connectivity index (χ2v) is 12.8. The van der Waals surface area contributed by atoms with Crippen LogP contribution in [-0.4, -0.2) is 55.3 Å². The van der Waals surface area contributed by atoms with Gasteiger partial charge in [0.05, 0.1) is 17.4 Å². The second-order valence-electron chi connectivity index (χ2n) is 12.8. The number of amides is 3. The number of alkyl halides is 3. The largest absolute Gasteiger partial charge is 0.508 e. The number of phenolic OH excluding ortho intramolecular Hbond substituents is 1. The topological polar surface area (TPSA) is 137 Å². The summed E-state index contributed by atoms with van der Waals surface area (Å²) in [4.78, 5) is 41.4. The van der Waals surface area contributed by atoms with E-state index in [1.807, 2.05) is 0 Å². The van der Waals surface area contributed by atoms with Crippen molar-refractivity contribution in [3.8, 4) is 5.75 Å². The fourth-order valence-corrected chi connectivity index (χ4v) is 5.26. The molecular formula is C35H36F3N5O6. The maximum absolute atomic E-state index is 14.0. The first-order valence-electron chi connectivity index (χ1n) is 15.5. The number of alkyl carbamates (subject to hydrolysis) is 1. The lowest BCUT2D eigenvalue weighted by Crippen LogP contribution is -2.36. The minimum absolute atomic E-state index is 0.00409. The fourth-order valence-electron chi connectivity index (χ4n) is 5.26. The maximum atomic E-state index is 14.0. The van der Waals surface area contributed by atoms with Crippen molar-refractivity contribution in [2.24, 2.45) is 5.92 Å². The second kappa shape index (κ2) is 13.9. The average molecular weight is 680 g/mol. The lowest BCUT2D eigenvalue weighted by Gasteiger charge is -2.31. The first-order valence-corrected chi connectivity index (χ1v) is 15.5. The summed E-state index contributed by atoms with van der Waals surface area (Å²) in [5.74, 6) is 0.187. The number of carbonyl (C=O) groups excluding carboxylic acids is 2. The van der Waals surface area contributed by atoms with Crippen LogP contribution in [0.15, 0.2) is 85.1 Å². The van der Waals surface area contributed by atoms with Crippen molar-refractivity contribution >= 4 is 29.6 Å². The lowest BCUT2D eigenvalue weighted by atomic mass is 9.96. The Morgan fingerprint density at radius 2 is 1.61 bits per heavy atom. The van der Waals surface area contributed by atoms with E-state index in [0.717, 1.165) is 23.9 Å². The molecule has 4 aromatic rings. The Bertz CT molecular complexity index is 1820. The predicted octanol–water partition coefficient (Wildman–Crippen LogP) is 7.92. The van der Waals surface area contributed by atoms with Gasteiger partial charge in [-0.25, -0.2) is 14.4 Å². The summed E-state index contributed by atoms with van der Waals surface area (Å²) in [5.41, 5.74) is 0.0580. The van der Waals surface area contributed by atoms with E-state index in [0.29, 0.717) is 27.4 Å². The van der Waals surface area contributed by atoms with E-state index in [4.69, 9.17) is 4.74 Å². The highest BCUT2D eigenvalue weighted by Gasteiger charge is 2.36. The highest BCUT2D eigenvalue weighted by atomic mass is 19.4. The highest BCUT2D eigenvalue weighted by molar-refractivity contribution is 6.00. The number of hydrogen-bond donors (Lipinski definition) is 3. The molecule has 1 aliphatic carbocycles. The Labute approximate surface area is 280 Å². The van der Waals surface area contributed by atoms with Crippen LogP contribution in [0, 0.1) is 5.92 Å². The van der Waals surface area contributed by atoms with Gasteiger partial charge in [-0.2, -0.15) is 23.0 Å². The summed E-state index contributed by atoms with van der Waals surface area (Å²) < 4.78 is 46.3. The van der Waals surface area contributed by atoms with Crippen molar-refractivity contribution in [1.29, 1.82) is 0 Å². The molecule has 1 unspecified atom stereocenters. The molecule has 258 valence electrons. The van der Waals surface area contributed by atoms with Crippen molar-refractivity contribution in [2.45, 2.75) is 58.0 Å². The van der Waals surface area contributed by atoms with E-state index in [-0.39, 0.29) is 36.1 Å². The van der Waals surface area contributed by atoms with Gasteiger partial charge in [0, 0.05) is 19.3 Å². The van der Waals surface area contributed by atoms with Gasteiger partial charge in [-0.15, -0.1) is 0 Å². The maximum Gasteiger partial charge on any atom is 0.435 e. The van der Waals surface area contributed by atoms with Gasteiger partial charge in [-0.3, -0.25) is 9.80 Å². The van der Waals surface area contributed by atoms with Crippen molar-refractivity contribution in [1.82, 2.24) is 20.0 Å². The van der Waals surface area contributed by atoms with Gasteiger partial charge in [-0.1, -0.05) is 36.4 Å². The minimum atomic E-state index is -4.79. The van der Waals surface area contributed by atoms with Crippen molar-refractivity contribution < 1.29 is 42.5 Å².